The van der Waals surface area contributed by atoms with Crippen molar-refractivity contribution in [2.45, 2.75) is 44.4 Å². The summed E-state index contributed by atoms with van der Waals surface area (Å²) in [6.07, 6.45) is 2.72. The van der Waals surface area contributed by atoms with E-state index in [0.717, 1.165) is 42.1 Å². The number of anilines is 2. The minimum Gasteiger partial charge on any atom is -0.497 e. The van der Waals surface area contributed by atoms with Crippen molar-refractivity contribution in [3.05, 3.63) is 84.1 Å². The highest BCUT2D eigenvalue weighted by Crippen LogP contribution is 2.30. The molecule has 254 valence electrons. The number of nitrogens with one attached hydrogen (secondary N) is 1. The number of hydrogen-bond acceptors (Lipinski definition) is 10. The predicted octanol–water partition coefficient (Wildman–Crippen LogP) is 5.49. The molecule has 2 aliphatic rings. The molecule has 4 aromatic rings. The molecule has 1 aromatic heterocycles. The fraction of sp³-hybridized carbons (Fsp3) is 0.378. The maximum atomic E-state index is 13.8. The highest BCUT2D eigenvalue weighted by Gasteiger charge is 2.33. The predicted molar refractivity (Wildman–Crippen MR) is 186 cm³/mol. The summed E-state index contributed by atoms with van der Waals surface area (Å²) in [5.74, 6) is 0.657. The quantitative estimate of drug-likeness (QED) is 0.220. The molecule has 2 atom stereocenters. The van der Waals surface area contributed by atoms with Crippen molar-refractivity contribution in [1.29, 1.82) is 5.26 Å². The molecule has 0 radical (unpaired) electrons. The molecule has 1 N–H and O–H groups in total. The first-order chi connectivity index (χ1) is 23.9. The molecule has 12 nitrogen and oxygen atoms in total. The summed E-state index contributed by atoms with van der Waals surface area (Å²) in [6, 6.07) is 24.8. The summed E-state index contributed by atoms with van der Waals surface area (Å²) in [6.45, 7) is 2.65. The van der Waals surface area contributed by atoms with Crippen LogP contribution in [0.3, 0.4) is 0 Å². The molecule has 3 aromatic carbocycles. The number of nitrogens with zero attached hydrogens (tertiary/aromatic N) is 6. The topological polar surface area (TPSA) is 133 Å². The fourth-order valence-electron chi connectivity index (χ4n) is 6.46. The Morgan fingerprint density at radius 2 is 1.82 bits per heavy atom. The highest BCUT2D eigenvalue weighted by molar-refractivity contribution is 6.09. The lowest BCUT2D eigenvalue weighted by Crippen LogP contribution is -2.55. The van der Waals surface area contributed by atoms with Crippen LogP contribution < -0.4 is 19.7 Å². The Kier molecular flexibility index (Phi) is 10.7. The van der Waals surface area contributed by atoms with Gasteiger partial charge in [-0.3, -0.25) is 4.79 Å². The van der Waals surface area contributed by atoms with Gasteiger partial charge in [-0.2, -0.15) is 15.2 Å². The van der Waals surface area contributed by atoms with E-state index in [9.17, 15) is 14.9 Å². The first-order valence-corrected chi connectivity index (χ1v) is 16.6. The number of fused-ring (bicyclic) bond motifs is 1. The van der Waals surface area contributed by atoms with Crippen LogP contribution in [-0.4, -0.2) is 90.8 Å². The third-order valence-electron chi connectivity index (χ3n) is 9.17. The van der Waals surface area contributed by atoms with Gasteiger partial charge < -0.3 is 34.2 Å². The number of amides is 2. The summed E-state index contributed by atoms with van der Waals surface area (Å²) in [5.41, 5.74) is 1.60. The number of nitriles is 1. The normalized spacial score (nSPS) is 17.8. The van der Waals surface area contributed by atoms with Crippen molar-refractivity contribution in [3.63, 3.8) is 0 Å². The zero-order valence-corrected chi connectivity index (χ0v) is 27.9. The first kappa shape index (κ1) is 33.5. The zero-order chi connectivity index (χ0) is 34.2. The van der Waals surface area contributed by atoms with E-state index in [4.69, 9.17) is 19.2 Å². The van der Waals surface area contributed by atoms with Crippen LogP contribution in [-0.2, 0) is 11.3 Å². The standard InChI is InChI=1S/C37H41N7O5/c1-42-17-8-12-28(42)15-20-48-36-40-33(35(45)39-32-22-30(47-2)21-27-11-6-7-13-31(27)32)23-34(41-36)43-18-19-44(29(24-43)14-16-38)37(46)49-25-26-9-4-3-5-10-26/h3-7,9-11,13,21-23,28-29H,8,12,14-15,17-20,24-25H2,1-2H3,(H,39,45)/t28?,29-/m0/s1. The second-order valence-corrected chi connectivity index (χ2v) is 12.4. The fourth-order valence-corrected chi connectivity index (χ4v) is 6.46. The van der Waals surface area contributed by atoms with Gasteiger partial charge in [-0.1, -0.05) is 54.6 Å². The third-order valence-corrected chi connectivity index (χ3v) is 9.17. The highest BCUT2D eigenvalue weighted by atomic mass is 16.6. The van der Waals surface area contributed by atoms with Gasteiger partial charge in [-0.25, -0.2) is 4.79 Å². The number of ether oxygens (including phenoxy) is 3. The van der Waals surface area contributed by atoms with E-state index in [2.05, 4.69) is 28.3 Å². The second kappa shape index (κ2) is 15.7. The van der Waals surface area contributed by atoms with Gasteiger partial charge in [-0.15, -0.1) is 0 Å². The van der Waals surface area contributed by atoms with Crippen molar-refractivity contribution in [2.75, 3.05) is 57.2 Å². The summed E-state index contributed by atoms with van der Waals surface area (Å²) in [5, 5.41) is 14.4. The zero-order valence-electron chi connectivity index (χ0n) is 27.9. The Bertz CT molecular complexity index is 1810. The molecule has 0 saturated carbocycles. The van der Waals surface area contributed by atoms with E-state index in [1.807, 2.05) is 65.6 Å². The average Bonchev–Trinajstić information content (AvgIpc) is 3.54. The molecule has 3 heterocycles. The van der Waals surface area contributed by atoms with Gasteiger partial charge in [0.05, 0.1) is 37.9 Å². The summed E-state index contributed by atoms with van der Waals surface area (Å²) in [4.78, 5) is 42.1. The molecule has 2 aliphatic heterocycles. The van der Waals surface area contributed by atoms with Crippen LogP contribution in [0, 0.1) is 11.3 Å². The third kappa shape index (κ3) is 8.18. The molecule has 2 fully saturated rings. The van der Waals surface area contributed by atoms with E-state index in [1.165, 1.54) is 0 Å². The number of aromatic nitrogens is 2. The van der Waals surface area contributed by atoms with E-state index in [1.54, 1.807) is 24.1 Å². The minimum atomic E-state index is -0.474. The van der Waals surface area contributed by atoms with Crippen molar-refractivity contribution in [3.8, 4) is 17.8 Å². The van der Waals surface area contributed by atoms with Gasteiger partial charge in [0.25, 0.3) is 5.91 Å². The molecule has 0 aliphatic carbocycles. The first-order valence-electron chi connectivity index (χ1n) is 16.6. The van der Waals surface area contributed by atoms with E-state index >= 15 is 0 Å². The van der Waals surface area contributed by atoms with Crippen LogP contribution in [0.5, 0.6) is 11.8 Å². The molecule has 1 unspecified atom stereocenters. The Hall–Kier alpha value is -5.41. The summed E-state index contributed by atoms with van der Waals surface area (Å²) in [7, 11) is 3.70. The Labute approximate surface area is 286 Å². The molecular formula is C37H41N7O5. The van der Waals surface area contributed by atoms with Crippen molar-refractivity contribution < 1.29 is 23.8 Å². The second-order valence-electron chi connectivity index (χ2n) is 12.4. The van der Waals surface area contributed by atoms with Crippen LogP contribution in [0.25, 0.3) is 10.8 Å². The van der Waals surface area contributed by atoms with Gasteiger partial charge in [0.1, 0.15) is 23.9 Å². The number of rotatable bonds is 11. The molecule has 49 heavy (non-hydrogen) atoms. The number of benzene rings is 3. The van der Waals surface area contributed by atoms with Crippen LogP contribution in [0.2, 0.25) is 0 Å². The van der Waals surface area contributed by atoms with Crippen LogP contribution >= 0.6 is 0 Å². The largest absolute Gasteiger partial charge is 0.497 e. The summed E-state index contributed by atoms with van der Waals surface area (Å²) >= 11 is 0. The van der Waals surface area contributed by atoms with Crippen LogP contribution in [0.1, 0.15) is 41.7 Å². The monoisotopic (exact) mass is 663 g/mol. The molecule has 2 saturated heterocycles. The molecule has 6 rings (SSSR count). The molecule has 12 heteroatoms. The lowest BCUT2D eigenvalue weighted by Gasteiger charge is -2.40. The van der Waals surface area contributed by atoms with Crippen molar-refractivity contribution >= 4 is 34.3 Å². The van der Waals surface area contributed by atoms with Gasteiger partial charge >= 0.3 is 12.1 Å². The van der Waals surface area contributed by atoms with Gasteiger partial charge in [0.2, 0.25) is 0 Å². The lowest BCUT2D eigenvalue weighted by molar-refractivity contribution is 0.0767. The van der Waals surface area contributed by atoms with Crippen molar-refractivity contribution in [1.82, 2.24) is 19.8 Å². The number of hydrogen-bond donors (Lipinski definition) is 1. The van der Waals surface area contributed by atoms with Crippen LogP contribution in [0.4, 0.5) is 16.3 Å². The van der Waals surface area contributed by atoms with Crippen LogP contribution in [0.15, 0.2) is 72.8 Å². The number of piperazine rings is 1. The number of likely N-dealkylation sites (tertiary alicyclic amines) is 1. The molecule has 2 amide bonds. The van der Waals surface area contributed by atoms with Gasteiger partial charge in [0.15, 0.2) is 0 Å². The lowest BCUT2D eigenvalue weighted by atomic mass is 10.1. The average molecular weight is 664 g/mol. The molecule has 0 bridgehead atoms. The smallest absolute Gasteiger partial charge is 0.410 e. The maximum Gasteiger partial charge on any atom is 0.410 e. The maximum absolute atomic E-state index is 13.8. The van der Waals surface area contributed by atoms with E-state index < -0.39 is 18.0 Å². The number of carbonyl (C=O) groups excluding carboxylic acids is 2. The Morgan fingerprint density at radius 3 is 2.59 bits per heavy atom. The van der Waals surface area contributed by atoms with Crippen molar-refractivity contribution in [2.24, 2.45) is 0 Å². The van der Waals surface area contributed by atoms with E-state index in [0.29, 0.717) is 49.5 Å². The number of methoxy groups -OCH3 is 1. The molecular weight excluding hydrogens is 622 g/mol. The Morgan fingerprint density at radius 1 is 1.00 bits per heavy atom. The van der Waals surface area contributed by atoms with Gasteiger partial charge in [-0.05, 0) is 49.9 Å². The van der Waals surface area contributed by atoms with Gasteiger partial charge in [0, 0.05) is 43.2 Å². The minimum absolute atomic E-state index is 0.0975. The Balaban J connectivity index is 1.23. The van der Waals surface area contributed by atoms with E-state index in [-0.39, 0.29) is 24.7 Å². The SMILES string of the molecule is COc1cc(NC(=O)c2cc(N3CCN(C(=O)OCc4ccccc4)[C@@H](CC#N)C3)nc(OCCC3CCCN3C)n2)c2ccccc2c1. The molecule has 0 spiro atoms. The summed E-state index contributed by atoms with van der Waals surface area (Å²) < 4.78 is 17.2. The number of carbonyl (C=O) groups is 2.